The summed E-state index contributed by atoms with van der Waals surface area (Å²) in [6, 6.07) is 5.94. The summed E-state index contributed by atoms with van der Waals surface area (Å²) in [6.45, 7) is 3.06. The van der Waals surface area contributed by atoms with Crippen LogP contribution in [-0.2, 0) is 15.9 Å². The molecular formula is C17H31NO4S2. The van der Waals surface area contributed by atoms with Crippen molar-refractivity contribution >= 4 is 27.6 Å². The molecule has 0 aromatic heterocycles. The molecule has 0 aliphatic rings. The van der Waals surface area contributed by atoms with Crippen LogP contribution in [0.5, 0.6) is 5.75 Å². The van der Waals surface area contributed by atoms with E-state index in [0.717, 1.165) is 30.2 Å². The summed E-state index contributed by atoms with van der Waals surface area (Å²) in [4.78, 5) is 0. The van der Waals surface area contributed by atoms with Crippen LogP contribution in [0.1, 0.15) is 51.0 Å². The minimum Gasteiger partial charge on any atom is -0.493 e. The molecular weight excluding hydrogens is 346 g/mol. The van der Waals surface area contributed by atoms with Crippen molar-refractivity contribution < 1.29 is 17.7 Å². The lowest BCUT2D eigenvalue weighted by molar-refractivity contribution is 0.302. The van der Waals surface area contributed by atoms with E-state index in [2.05, 4.69) is 13.2 Å². The molecule has 3 N–H and O–H groups in total. The molecule has 24 heavy (non-hydrogen) atoms. The number of anilines is 1. The molecule has 1 aromatic rings. The molecule has 0 atom stereocenters. The molecule has 140 valence electrons. The van der Waals surface area contributed by atoms with Crippen LogP contribution in [-0.4, -0.2) is 32.1 Å². The van der Waals surface area contributed by atoms with Gasteiger partial charge in [-0.15, -0.1) is 0 Å². The van der Waals surface area contributed by atoms with E-state index in [9.17, 15) is 8.42 Å². The zero-order chi connectivity index (χ0) is 18.4. The van der Waals surface area contributed by atoms with Crippen LogP contribution in [0.25, 0.3) is 0 Å². The normalized spacial score (nSPS) is 10.8. The molecule has 0 spiro atoms. The Morgan fingerprint density at radius 2 is 1.75 bits per heavy atom. The molecule has 7 heteroatoms. The molecule has 5 nitrogen and oxygen atoms in total. The van der Waals surface area contributed by atoms with Gasteiger partial charge in [0.1, 0.15) is 5.75 Å². The SMILES string of the molecule is CCCCCCCCOc1ccc(N)cc1CSC.CS(=O)(=O)O. The molecule has 0 fully saturated rings. The maximum absolute atomic E-state index is 9.19. The van der Waals surface area contributed by atoms with Crippen molar-refractivity contribution in [3.05, 3.63) is 23.8 Å². The smallest absolute Gasteiger partial charge is 0.261 e. The third kappa shape index (κ3) is 14.7. The molecule has 0 amide bonds. The van der Waals surface area contributed by atoms with Crippen LogP contribution in [0.15, 0.2) is 18.2 Å². The van der Waals surface area contributed by atoms with Gasteiger partial charge in [-0.25, -0.2) is 0 Å². The highest BCUT2D eigenvalue weighted by Crippen LogP contribution is 2.25. The summed E-state index contributed by atoms with van der Waals surface area (Å²) in [5, 5.41) is 0. The lowest BCUT2D eigenvalue weighted by Gasteiger charge is -2.11. The van der Waals surface area contributed by atoms with E-state index in [1.165, 1.54) is 37.7 Å². The topological polar surface area (TPSA) is 89.6 Å². The second-order valence-electron chi connectivity index (χ2n) is 5.65. The Labute approximate surface area is 151 Å². The Bertz CT molecular complexity index is 540. The molecule has 0 heterocycles. The van der Waals surface area contributed by atoms with Gasteiger partial charge in [-0.1, -0.05) is 39.0 Å². The number of hydrogen-bond donors (Lipinski definition) is 2. The number of unbranched alkanes of at least 4 members (excludes halogenated alkanes) is 5. The van der Waals surface area contributed by atoms with Crippen molar-refractivity contribution in [3.8, 4) is 5.75 Å². The number of nitrogen functional groups attached to an aromatic ring is 1. The quantitative estimate of drug-likeness (QED) is 0.357. The fourth-order valence-corrected chi connectivity index (χ4v) is 2.61. The minimum absolute atomic E-state index is 0.715. The van der Waals surface area contributed by atoms with Gasteiger partial charge in [0.05, 0.1) is 12.9 Å². The van der Waals surface area contributed by atoms with Gasteiger partial charge < -0.3 is 10.5 Å². The number of nitrogens with two attached hydrogens (primary N) is 1. The summed E-state index contributed by atoms with van der Waals surface area (Å²) in [7, 11) is -3.67. The molecule has 1 aromatic carbocycles. The monoisotopic (exact) mass is 377 g/mol. The molecule has 0 aliphatic heterocycles. The van der Waals surface area contributed by atoms with Gasteiger partial charge in [0.25, 0.3) is 10.1 Å². The van der Waals surface area contributed by atoms with Crippen molar-refractivity contribution in [1.82, 2.24) is 0 Å². The van der Waals surface area contributed by atoms with Gasteiger partial charge in [0, 0.05) is 17.0 Å². The molecule has 0 saturated heterocycles. The molecule has 0 saturated carbocycles. The van der Waals surface area contributed by atoms with Gasteiger partial charge in [-0.05, 0) is 30.9 Å². The van der Waals surface area contributed by atoms with Gasteiger partial charge in [0.2, 0.25) is 0 Å². The maximum atomic E-state index is 9.19. The van der Waals surface area contributed by atoms with Crippen molar-refractivity contribution in [2.75, 3.05) is 24.9 Å². The molecule has 1 rings (SSSR count). The molecule has 0 bridgehead atoms. The van der Waals surface area contributed by atoms with Crippen molar-refractivity contribution in [3.63, 3.8) is 0 Å². The zero-order valence-electron chi connectivity index (χ0n) is 15.0. The largest absolute Gasteiger partial charge is 0.493 e. The van der Waals surface area contributed by atoms with Crippen LogP contribution in [0.3, 0.4) is 0 Å². The standard InChI is InChI=1S/C16H27NOS.CH4O3S/c1-3-4-5-6-7-8-11-18-16-10-9-15(17)12-14(16)13-19-2;1-5(2,3)4/h9-10,12H,3-8,11,13,17H2,1-2H3;1H3,(H,2,3,4). The Balaban J connectivity index is 0.000000922. The highest BCUT2D eigenvalue weighted by atomic mass is 32.2. The minimum atomic E-state index is -3.67. The predicted molar refractivity (Wildman–Crippen MR) is 104 cm³/mol. The van der Waals surface area contributed by atoms with Gasteiger partial charge in [-0.2, -0.15) is 20.2 Å². The number of benzene rings is 1. The summed E-state index contributed by atoms with van der Waals surface area (Å²) < 4.78 is 31.8. The predicted octanol–water partition coefficient (Wildman–Crippen LogP) is 4.38. The van der Waals surface area contributed by atoms with Crippen molar-refractivity contribution in [2.45, 2.75) is 51.2 Å². The molecule has 0 unspecified atom stereocenters. The van der Waals surface area contributed by atoms with Crippen LogP contribution < -0.4 is 10.5 Å². The number of ether oxygens (including phenoxy) is 1. The van der Waals surface area contributed by atoms with Gasteiger partial charge in [-0.3, -0.25) is 4.55 Å². The average Bonchev–Trinajstić information content (AvgIpc) is 2.47. The van der Waals surface area contributed by atoms with Gasteiger partial charge >= 0.3 is 0 Å². The summed E-state index contributed by atoms with van der Waals surface area (Å²) in [5.41, 5.74) is 7.84. The number of thioether (sulfide) groups is 1. The van der Waals surface area contributed by atoms with E-state index in [1.54, 1.807) is 11.8 Å². The Hall–Kier alpha value is -0.920. The van der Waals surface area contributed by atoms with Crippen molar-refractivity contribution in [2.24, 2.45) is 0 Å². The van der Waals surface area contributed by atoms with Crippen LogP contribution in [0, 0.1) is 0 Å². The Morgan fingerprint density at radius 1 is 1.17 bits per heavy atom. The van der Waals surface area contributed by atoms with E-state index in [0.29, 0.717) is 6.26 Å². The highest BCUT2D eigenvalue weighted by Gasteiger charge is 2.03. The fourth-order valence-electron chi connectivity index (χ4n) is 2.07. The number of rotatable bonds is 10. The molecule has 0 radical (unpaired) electrons. The first kappa shape index (κ1) is 23.1. The summed E-state index contributed by atoms with van der Waals surface area (Å²) >= 11 is 1.79. The fraction of sp³-hybridized carbons (Fsp3) is 0.647. The third-order valence-corrected chi connectivity index (χ3v) is 3.74. The first-order valence-corrected chi connectivity index (χ1v) is 11.4. The summed E-state index contributed by atoms with van der Waals surface area (Å²) in [6.07, 6.45) is 10.6. The van der Waals surface area contributed by atoms with E-state index >= 15 is 0 Å². The van der Waals surface area contributed by atoms with Crippen LogP contribution in [0.2, 0.25) is 0 Å². The molecule has 0 aliphatic carbocycles. The average molecular weight is 378 g/mol. The lowest BCUT2D eigenvalue weighted by Crippen LogP contribution is -2.00. The highest BCUT2D eigenvalue weighted by molar-refractivity contribution is 7.97. The second-order valence-corrected chi connectivity index (χ2v) is 7.98. The van der Waals surface area contributed by atoms with Crippen LogP contribution in [0.4, 0.5) is 5.69 Å². The number of hydrogen-bond acceptors (Lipinski definition) is 5. The van der Waals surface area contributed by atoms with E-state index < -0.39 is 10.1 Å². The summed E-state index contributed by atoms with van der Waals surface area (Å²) in [5.74, 6) is 1.95. The van der Waals surface area contributed by atoms with E-state index in [1.807, 2.05) is 18.2 Å². The van der Waals surface area contributed by atoms with E-state index in [4.69, 9.17) is 15.0 Å². The van der Waals surface area contributed by atoms with Crippen LogP contribution >= 0.6 is 11.8 Å². The van der Waals surface area contributed by atoms with E-state index in [-0.39, 0.29) is 0 Å². The third-order valence-electron chi connectivity index (χ3n) is 3.14. The Morgan fingerprint density at radius 3 is 2.33 bits per heavy atom. The lowest BCUT2D eigenvalue weighted by atomic mass is 10.1. The second kappa shape index (κ2) is 13.4. The first-order chi connectivity index (χ1) is 11.3. The maximum Gasteiger partial charge on any atom is 0.261 e. The first-order valence-electron chi connectivity index (χ1n) is 8.20. The zero-order valence-corrected chi connectivity index (χ0v) is 16.6. The van der Waals surface area contributed by atoms with Crippen molar-refractivity contribution in [1.29, 1.82) is 0 Å². The Kier molecular flexibility index (Phi) is 12.9. The van der Waals surface area contributed by atoms with Gasteiger partial charge in [0.15, 0.2) is 0 Å².